The van der Waals surface area contributed by atoms with Crippen LogP contribution in [0.4, 0.5) is 4.79 Å². The molecule has 2 heterocycles. The predicted molar refractivity (Wildman–Crippen MR) is 75.1 cm³/mol. The fraction of sp³-hybridized carbons (Fsp3) is 0.692. The third kappa shape index (κ3) is 3.50. The summed E-state index contributed by atoms with van der Waals surface area (Å²) in [6.07, 6.45) is 4.67. The van der Waals surface area contributed by atoms with E-state index in [9.17, 15) is 9.59 Å². The van der Waals surface area contributed by atoms with E-state index in [4.69, 9.17) is 5.11 Å². The van der Waals surface area contributed by atoms with Crippen LogP contribution in [0, 0.1) is 0 Å². The fourth-order valence-corrected chi connectivity index (χ4v) is 2.27. The molecule has 2 rings (SSSR count). The van der Waals surface area contributed by atoms with Gasteiger partial charge in [0.2, 0.25) is 0 Å². The highest BCUT2D eigenvalue weighted by atomic mass is 16.4. The van der Waals surface area contributed by atoms with E-state index < -0.39 is 5.97 Å². The van der Waals surface area contributed by atoms with Gasteiger partial charge in [-0.1, -0.05) is 25.0 Å². The summed E-state index contributed by atoms with van der Waals surface area (Å²) in [5.74, 6) is -1.09. The van der Waals surface area contributed by atoms with E-state index in [0.29, 0.717) is 13.1 Å². The number of carbonyl (C=O) groups excluding carboxylic acids is 1. The molecule has 8 nitrogen and oxygen atoms in total. The summed E-state index contributed by atoms with van der Waals surface area (Å²) in [5.41, 5.74) is -0.0727. The van der Waals surface area contributed by atoms with Crippen LogP contribution in [-0.2, 0) is 0 Å². The van der Waals surface area contributed by atoms with E-state index >= 15 is 0 Å². The van der Waals surface area contributed by atoms with Gasteiger partial charge in [0.25, 0.3) is 0 Å². The first kappa shape index (κ1) is 15.3. The first-order valence-corrected chi connectivity index (χ1v) is 7.18. The number of rotatable bonds is 6. The zero-order valence-corrected chi connectivity index (χ0v) is 12.4. The molecule has 2 amide bonds. The molecule has 0 saturated carbocycles. The van der Waals surface area contributed by atoms with E-state index in [0.717, 1.165) is 25.8 Å². The number of urea groups is 1. The lowest BCUT2D eigenvalue weighted by Gasteiger charge is -2.40. The van der Waals surface area contributed by atoms with Crippen molar-refractivity contribution < 1.29 is 14.7 Å². The average molecular weight is 295 g/mol. The number of carboxylic acid groups (broad SMARTS) is 1. The molecule has 116 valence electrons. The van der Waals surface area contributed by atoms with Gasteiger partial charge in [-0.25, -0.2) is 14.3 Å². The Morgan fingerprint density at radius 3 is 2.71 bits per heavy atom. The van der Waals surface area contributed by atoms with Crippen LogP contribution in [-0.4, -0.2) is 68.6 Å². The zero-order valence-electron chi connectivity index (χ0n) is 12.4. The number of amides is 2. The Bertz CT molecular complexity index is 510. The number of hydrogen-bond acceptors (Lipinski definition) is 4. The van der Waals surface area contributed by atoms with Crippen LogP contribution in [0.15, 0.2) is 6.20 Å². The number of nitrogens with zero attached hydrogens (tertiary/aromatic N) is 5. The summed E-state index contributed by atoms with van der Waals surface area (Å²) in [7, 11) is 1.81. The molecule has 21 heavy (non-hydrogen) atoms. The third-order valence-electron chi connectivity index (χ3n) is 3.66. The molecule has 0 bridgehead atoms. The summed E-state index contributed by atoms with van der Waals surface area (Å²) in [6.45, 7) is 3.98. The second kappa shape index (κ2) is 6.55. The van der Waals surface area contributed by atoms with Crippen LogP contribution < -0.4 is 0 Å². The highest BCUT2D eigenvalue weighted by Gasteiger charge is 2.34. The van der Waals surface area contributed by atoms with Crippen molar-refractivity contribution in [3.05, 3.63) is 11.9 Å². The van der Waals surface area contributed by atoms with Crippen molar-refractivity contribution >= 4 is 12.0 Å². The Labute approximate surface area is 123 Å². The van der Waals surface area contributed by atoms with Gasteiger partial charge in [0, 0.05) is 26.7 Å². The summed E-state index contributed by atoms with van der Waals surface area (Å²) in [4.78, 5) is 26.3. The molecule has 0 radical (unpaired) electrons. The number of hydrogen-bond donors (Lipinski definition) is 1. The third-order valence-corrected chi connectivity index (χ3v) is 3.66. The Hall–Kier alpha value is -2.12. The maximum absolute atomic E-state index is 12.1. The smallest absolute Gasteiger partial charge is 0.358 e. The van der Waals surface area contributed by atoms with Crippen molar-refractivity contribution in [1.29, 1.82) is 0 Å². The summed E-state index contributed by atoms with van der Waals surface area (Å²) in [5, 5.41) is 16.2. The molecule has 1 aromatic heterocycles. The summed E-state index contributed by atoms with van der Waals surface area (Å²) >= 11 is 0. The molecule has 1 aliphatic rings. The Balaban J connectivity index is 1.79. The summed E-state index contributed by atoms with van der Waals surface area (Å²) in [6, 6.07) is 0.0273. The molecule has 0 atom stereocenters. The monoisotopic (exact) mass is 295 g/mol. The highest BCUT2D eigenvalue weighted by molar-refractivity contribution is 5.84. The van der Waals surface area contributed by atoms with Crippen LogP contribution in [0.1, 0.15) is 42.7 Å². The van der Waals surface area contributed by atoms with Crippen LogP contribution in [0.2, 0.25) is 0 Å². The van der Waals surface area contributed by atoms with Gasteiger partial charge in [-0.15, -0.1) is 5.10 Å². The molecule has 0 spiro atoms. The number of unbranched alkanes of at least 4 members (excludes halogenated alkanes) is 2. The SMILES string of the molecule is CCCCCN(C)C(=O)N1CC(n2cc(C(=O)O)nn2)C1. The van der Waals surface area contributed by atoms with Crippen molar-refractivity contribution in [3.8, 4) is 0 Å². The maximum Gasteiger partial charge on any atom is 0.358 e. The van der Waals surface area contributed by atoms with Gasteiger partial charge in [-0.3, -0.25) is 0 Å². The van der Waals surface area contributed by atoms with Crippen molar-refractivity contribution in [2.75, 3.05) is 26.7 Å². The number of aromatic carboxylic acids is 1. The molecule has 1 fully saturated rings. The number of aromatic nitrogens is 3. The Morgan fingerprint density at radius 2 is 2.14 bits per heavy atom. The molecule has 1 N–H and O–H groups in total. The van der Waals surface area contributed by atoms with Gasteiger partial charge >= 0.3 is 12.0 Å². The first-order chi connectivity index (χ1) is 10.0. The van der Waals surface area contributed by atoms with Gasteiger partial charge in [-0.05, 0) is 6.42 Å². The van der Waals surface area contributed by atoms with E-state index in [1.807, 2.05) is 7.05 Å². The summed E-state index contributed by atoms with van der Waals surface area (Å²) < 4.78 is 1.52. The quantitative estimate of drug-likeness (QED) is 0.793. The van der Waals surface area contributed by atoms with Gasteiger partial charge in [0.15, 0.2) is 5.69 Å². The van der Waals surface area contributed by atoms with Crippen LogP contribution in [0.3, 0.4) is 0 Å². The van der Waals surface area contributed by atoms with E-state index in [2.05, 4.69) is 17.2 Å². The maximum atomic E-state index is 12.1. The van der Waals surface area contributed by atoms with Crippen molar-refractivity contribution in [3.63, 3.8) is 0 Å². The van der Waals surface area contributed by atoms with Crippen molar-refractivity contribution in [2.24, 2.45) is 0 Å². The first-order valence-electron chi connectivity index (χ1n) is 7.18. The van der Waals surface area contributed by atoms with Crippen LogP contribution in [0.25, 0.3) is 0 Å². The van der Waals surface area contributed by atoms with E-state index in [1.54, 1.807) is 9.80 Å². The lowest BCUT2D eigenvalue weighted by Crippen LogP contribution is -2.54. The minimum absolute atomic E-state index is 0.0126. The Kier molecular flexibility index (Phi) is 4.77. The number of likely N-dealkylation sites (tertiary alicyclic amines) is 1. The van der Waals surface area contributed by atoms with Crippen molar-refractivity contribution in [1.82, 2.24) is 24.8 Å². The van der Waals surface area contributed by atoms with Crippen LogP contribution >= 0.6 is 0 Å². The van der Waals surface area contributed by atoms with Crippen LogP contribution in [0.5, 0.6) is 0 Å². The molecule has 0 unspecified atom stereocenters. The number of carboxylic acids is 1. The normalized spacial score (nSPS) is 14.9. The van der Waals surface area contributed by atoms with Crippen molar-refractivity contribution in [2.45, 2.75) is 32.2 Å². The van der Waals surface area contributed by atoms with Gasteiger partial charge in [-0.2, -0.15) is 0 Å². The molecule has 1 saturated heterocycles. The van der Waals surface area contributed by atoms with Gasteiger partial charge < -0.3 is 14.9 Å². The lowest BCUT2D eigenvalue weighted by molar-refractivity contribution is 0.0689. The van der Waals surface area contributed by atoms with E-state index in [1.165, 1.54) is 10.9 Å². The molecule has 1 aliphatic heterocycles. The minimum atomic E-state index is -1.09. The molecule has 1 aromatic rings. The predicted octanol–water partition coefficient (Wildman–Crippen LogP) is 1.07. The second-order valence-electron chi connectivity index (χ2n) is 5.36. The zero-order chi connectivity index (χ0) is 15.4. The molecule has 0 aromatic carbocycles. The molecular weight excluding hydrogens is 274 g/mol. The average Bonchev–Trinajstić information content (AvgIpc) is 2.86. The minimum Gasteiger partial charge on any atom is -0.476 e. The van der Waals surface area contributed by atoms with Gasteiger partial charge in [0.1, 0.15) is 0 Å². The largest absolute Gasteiger partial charge is 0.476 e. The Morgan fingerprint density at radius 1 is 1.43 bits per heavy atom. The lowest BCUT2D eigenvalue weighted by atomic mass is 10.1. The fourth-order valence-electron chi connectivity index (χ4n) is 2.27. The number of carbonyl (C=O) groups is 2. The standard InChI is InChI=1S/C13H21N5O3/c1-3-4-5-6-16(2)13(21)17-7-10(8-17)18-9-11(12(19)20)14-15-18/h9-10H,3-8H2,1-2H3,(H,19,20). The molecular formula is C13H21N5O3. The van der Waals surface area contributed by atoms with E-state index in [-0.39, 0.29) is 17.8 Å². The second-order valence-corrected chi connectivity index (χ2v) is 5.36. The molecule has 8 heteroatoms. The topological polar surface area (TPSA) is 91.6 Å². The molecule has 0 aliphatic carbocycles. The van der Waals surface area contributed by atoms with Gasteiger partial charge in [0.05, 0.1) is 12.2 Å². The highest BCUT2D eigenvalue weighted by Crippen LogP contribution is 2.21.